The first-order chi connectivity index (χ1) is 11.2. The number of rotatable bonds is 5. The van der Waals surface area contributed by atoms with Crippen molar-refractivity contribution in [2.24, 2.45) is 0 Å². The number of hydrogen-bond donors (Lipinski definition) is 2. The lowest BCUT2D eigenvalue weighted by Gasteiger charge is -2.30. The molecular weight excluding hydrogens is 290 g/mol. The van der Waals surface area contributed by atoms with Crippen LogP contribution in [0, 0.1) is 6.92 Å². The van der Waals surface area contributed by atoms with E-state index >= 15 is 0 Å². The van der Waals surface area contributed by atoms with Gasteiger partial charge in [-0.3, -0.25) is 9.89 Å². The molecule has 23 heavy (non-hydrogen) atoms. The van der Waals surface area contributed by atoms with Crippen molar-refractivity contribution in [3.05, 3.63) is 23.9 Å². The second-order valence-electron chi connectivity index (χ2n) is 6.44. The van der Waals surface area contributed by atoms with Crippen molar-refractivity contribution >= 4 is 16.8 Å². The third-order valence-corrected chi connectivity index (χ3v) is 4.61. The van der Waals surface area contributed by atoms with Gasteiger partial charge in [0.2, 0.25) is 5.91 Å². The lowest BCUT2D eigenvalue weighted by Crippen LogP contribution is -2.41. The maximum atomic E-state index is 11.8. The van der Waals surface area contributed by atoms with Crippen LogP contribution < -0.4 is 10.1 Å². The summed E-state index contributed by atoms with van der Waals surface area (Å²) in [6.07, 6.45) is 7.58. The van der Waals surface area contributed by atoms with Crippen LogP contribution in [-0.4, -0.2) is 28.3 Å². The zero-order chi connectivity index (χ0) is 16.2. The molecule has 1 fully saturated rings. The predicted molar refractivity (Wildman–Crippen MR) is 90.6 cm³/mol. The van der Waals surface area contributed by atoms with Gasteiger partial charge in [-0.2, -0.15) is 5.10 Å². The highest BCUT2D eigenvalue weighted by atomic mass is 16.5. The van der Waals surface area contributed by atoms with Crippen molar-refractivity contribution < 1.29 is 9.53 Å². The van der Waals surface area contributed by atoms with E-state index in [1.165, 1.54) is 0 Å². The number of fused-ring (bicyclic) bond motifs is 1. The first-order valence-electron chi connectivity index (χ1n) is 8.56. The smallest absolute Gasteiger partial charge is 0.220 e. The van der Waals surface area contributed by atoms with Gasteiger partial charge >= 0.3 is 0 Å². The van der Waals surface area contributed by atoms with Crippen LogP contribution >= 0.6 is 0 Å². The summed E-state index contributed by atoms with van der Waals surface area (Å²) >= 11 is 0. The number of nitrogens with zero attached hydrogens (tertiary/aromatic N) is 1. The zero-order valence-electron chi connectivity index (χ0n) is 13.9. The fourth-order valence-electron chi connectivity index (χ4n) is 3.36. The summed E-state index contributed by atoms with van der Waals surface area (Å²) in [5.74, 6) is 1.08. The molecule has 1 heterocycles. The lowest BCUT2D eigenvalue weighted by atomic mass is 9.92. The molecule has 0 spiro atoms. The molecule has 1 aliphatic rings. The molecule has 1 aliphatic carbocycles. The summed E-state index contributed by atoms with van der Waals surface area (Å²) in [5, 5.41) is 11.3. The lowest BCUT2D eigenvalue weighted by molar-refractivity contribution is -0.122. The van der Waals surface area contributed by atoms with Crippen molar-refractivity contribution in [1.82, 2.24) is 15.5 Å². The normalized spacial score (nSPS) is 21.3. The molecule has 1 aromatic carbocycles. The number of nitrogens with one attached hydrogen (secondary N) is 2. The Kier molecular flexibility index (Phi) is 4.84. The maximum Gasteiger partial charge on any atom is 0.220 e. The SMILES string of the molecule is CCCC(=O)N[C@@H]1CCC[C@H](Oc2ccc3[nH]ncc3c2C)C1. The van der Waals surface area contributed by atoms with E-state index in [1.54, 1.807) is 0 Å². The number of aryl methyl sites for hydroxylation is 1. The Morgan fingerprint density at radius 2 is 2.30 bits per heavy atom. The second kappa shape index (κ2) is 7.02. The van der Waals surface area contributed by atoms with Crippen molar-refractivity contribution in [1.29, 1.82) is 0 Å². The molecule has 5 nitrogen and oxygen atoms in total. The minimum absolute atomic E-state index is 0.161. The van der Waals surface area contributed by atoms with Crippen LogP contribution in [0.15, 0.2) is 18.3 Å². The molecule has 2 atom stereocenters. The number of ether oxygens (including phenoxy) is 1. The van der Waals surface area contributed by atoms with Gasteiger partial charge in [-0.1, -0.05) is 6.92 Å². The van der Waals surface area contributed by atoms with Gasteiger partial charge in [-0.25, -0.2) is 0 Å². The molecule has 0 radical (unpaired) electrons. The molecule has 2 aromatic rings. The molecule has 1 saturated carbocycles. The summed E-state index contributed by atoms with van der Waals surface area (Å²) in [5.41, 5.74) is 2.15. The number of carbonyl (C=O) groups excluding carboxylic acids is 1. The Morgan fingerprint density at radius 3 is 3.13 bits per heavy atom. The van der Waals surface area contributed by atoms with Gasteiger partial charge in [-0.05, 0) is 44.7 Å². The predicted octanol–water partition coefficient (Wildman–Crippen LogP) is 3.48. The van der Waals surface area contributed by atoms with E-state index in [4.69, 9.17) is 4.74 Å². The first kappa shape index (κ1) is 15.8. The summed E-state index contributed by atoms with van der Waals surface area (Å²) in [6.45, 7) is 4.09. The van der Waals surface area contributed by atoms with E-state index in [1.807, 2.05) is 25.3 Å². The third kappa shape index (κ3) is 3.66. The summed E-state index contributed by atoms with van der Waals surface area (Å²) in [6, 6.07) is 4.26. The van der Waals surface area contributed by atoms with Crippen LogP contribution in [0.25, 0.3) is 10.9 Å². The van der Waals surface area contributed by atoms with E-state index in [2.05, 4.69) is 22.4 Å². The molecule has 124 valence electrons. The Balaban J connectivity index is 1.64. The average Bonchev–Trinajstić information content (AvgIpc) is 3.00. The second-order valence-corrected chi connectivity index (χ2v) is 6.44. The van der Waals surface area contributed by atoms with E-state index in [-0.39, 0.29) is 18.1 Å². The summed E-state index contributed by atoms with van der Waals surface area (Å²) < 4.78 is 6.24. The van der Waals surface area contributed by atoms with Crippen LogP contribution in [-0.2, 0) is 4.79 Å². The van der Waals surface area contributed by atoms with Crippen molar-refractivity contribution in [3.63, 3.8) is 0 Å². The molecule has 0 bridgehead atoms. The van der Waals surface area contributed by atoms with Crippen LogP contribution in [0.4, 0.5) is 0 Å². The van der Waals surface area contributed by atoms with Gasteiger partial charge < -0.3 is 10.1 Å². The molecule has 0 saturated heterocycles. The van der Waals surface area contributed by atoms with Crippen LogP contribution in [0.1, 0.15) is 51.0 Å². The fraction of sp³-hybridized carbons (Fsp3) is 0.556. The number of carbonyl (C=O) groups is 1. The highest BCUT2D eigenvalue weighted by Gasteiger charge is 2.25. The Labute approximate surface area is 136 Å². The highest BCUT2D eigenvalue weighted by Crippen LogP contribution is 2.30. The van der Waals surface area contributed by atoms with E-state index in [9.17, 15) is 4.79 Å². The zero-order valence-corrected chi connectivity index (χ0v) is 13.9. The summed E-state index contributed by atoms with van der Waals surface area (Å²) in [4.78, 5) is 11.8. The van der Waals surface area contributed by atoms with Crippen molar-refractivity contribution in [3.8, 4) is 5.75 Å². The van der Waals surface area contributed by atoms with Gasteiger partial charge in [0.05, 0.1) is 11.7 Å². The van der Waals surface area contributed by atoms with Gasteiger partial charge in [0, 0.05) is 29.8 Å². The number of benzene rings is 1. The number of aromatic amines is 1. The monoisotopic (exact) mass is 315 g/mol. The quantitative estimate of drug-likeness (QED) is 0.887. The molecule has 0 aliphatic heterocycles. The van der Waals surface area contributed by atoms with E-state index in [0.29, 0.717) is 6.42 Å². The molecule has 1 amide bonds. The average molecular weight is 315 g/mol. The van der Waals surface area contributed by atoms with Gasteiger partial charge in [0.15, 0.2) is 0 Å². The molecular formula is C18H25N3O2. The van der Waals surface area contributed by atoms with Gasteiger partial charge in [0.25, 0.3) is 0 Å². The maximum absolute atomic E-state index is 11.8. The van der Waals surface area contributed by atoms with Gasteiger partial charge in [-0.15, -0.1) is 0 Å². The fourth-order valence-corrected chi connectivity index (χ4v) is 3.36. The van der Waals surface area contributed by atoms with Crippen LogP contribution in [0.5, 0.6) is 5.75 Å². The molecule has 1 aromatic heterocycles. The Bertz CT molecular complexity index is 680. The standard InChI is InChI=1S/C18H25N3O2/c1-3-5-18(22)20-13-6-4-7-14(10-13)23-17-9-8-16-15(12(17)2)11-19-21-16/h8-9,11,13-14H,3-7,10H2,1-2H3,(H,19,21)(H,20,22)/t13-,14+/m1/s1. The molecule has 5 heteroatoms. The number of H-pyrrole nitrogens is 1. The largest absolute Gasteiger partial charge is 0.490 e. The van der Waals surface area contributed by atoms with E-state index in [0.717, 1.165) is 54.3 Å². The summed E-state index contributed by atoms with van der Waals surface area (Å²) in [7, 11) is 0. The first-order valence-corrected chi connectivity index (χ1v) is 8.56. The molecule has 0 unspecified atom stereocenters. The van der Waals surface area contributed by atoms with Crippen molar-refractivity contribution in [2.75, 3.05) is 0 Å². The minimum atomic E-state index is 0.161. The molecule has 3 rings (SSSR count). The van der Waals surface area contributed by atoms with Crippen molar-refractivity contribution in [2.45, 2.75) is 64.5 Å². The Morgan fingerprint density at radius 1 is 1.43 bits per heavy atom. The number of amides is 1. The minimum Gasteiger partial charge on any atom is -0.490 e. The van der Waals surface area contributed by atoms with Crippen LogP contribution in [0.2, 0.25) is 0 Å². The van der Waals surface area contributed by atoms with Gasteiger partial charge in [0.1, 0.15) is 11.9 Å². The highest BCUT2D eigenvalue weighted by molar-refractivity contribution is 5.83. The Hall–Kier alpha value is -2.04. The van der Waals surface area contributed by atoms with Crippen LogP contribution in [0.3, 0.4) is 0 Å². The molecule has 2 N–H and O–H groups in total. The number of hydrogen-bond acceptors (Lipinski definition) is 3. The number of aromatic nitrogens is 2. The van der Waals surface area contributed by atoms with E-state index < -0.39 is 0 Å². The third-order valence-electron chi connectivity index (χ3n) is 4.61. The topological polar surface area (TPSA) is 67.0 Å².